The van der Waals surface area contributed by atoms with E-state index in [-0.39, 0.29) is 6.42 Å². The summed E-state index contributed by atoms with van der Waals surface area (Å²) in [5.74, 6) is -13.0. The number of ether oxygens (including phenoxy) is 1. The van der Waals surface area contributed by atoms with Gasteiger partial charge in [0.05, 0.1) is 0 Å². The number of hydrogen-bond donors (Lipinski definition) is 0. The van der Waals surface area contributed by atoms with Crippen LogP contribution in [0.2, 0.25) is 0 Å². The Labute approximate surface area is 130 Å². The predicted molar refractivity (Wildman–Crippen MR) is 69.5 cm³/mol. The molecule has 0 heterocycles. The summed E-state index contributed by atoms with van der Waals surface area (Å²) in [7, 11) is 0. The number of rotatable bonds is 11. The van der Waals surface area contributed by atoms with Crippen molar-refractivity contribution in [3.63, 3.8) is 0 Å². The maximum Gasteiger partial charge on any atom is 0.460 e. The first kappa shape index (κ1) is 22.0. The quantitative estimate of drug-likeness (QED) is 0.278. The molecule has 0 aromatic carbocycles. The lowest BCUT2D eigenvalue weighted by atomic mass is 10.1. The zero-order valence-electron chi connectivity index (χ0n) is 12.8. The molecule has 0 atom stereocenters. The molecule has 0 aromatic heterocycles. The number of halogens is 7. The van der Waals surface area contributed by atoms with E-state index in [1.165, 1.54) is 0 Å². The van der Waals surface area contributed by atoms with Gasteiger partial charge in [-0.1, -0.05) is 45.4 Å². The van der Waals surface area contributed by atoms with Crippen LogP contribution < -0.4 is 0 Å². The lowest BCUT2D eigenvalue weighted by Gasteiger charge is -2.27. The minimum atomic E-state index is -6.42. The Morgan fingerprint density at radius 1 is 0.826 bits per heavy atom. The standard InChI is InChI=1S/C14H21F7O2/c1-2-3-4-5-6-7-8-9-11(22)23-10-12(15,16)13(17,18)14(19,20)21/h2-10H2,1H3. The maximum absolute atomic E-state index is 12.9. The van der Waals surface area contributed by atoms with Crippen molar-refractivity contribution in [2.45, 2.75) is 76.3 Å². The molecule has 0 fully saturated rings. The molecule has 0 unspecified atom stereocenters. The van der Waals surface area contributed by atoms with Crippen LogP contribution in [0.1, 0.15) is 58.3 Å². The molecule has 0 amide bonds. The normalized spacial score (nSPS) is 13.2. The monoisotopic (exact) mass is 354 g/mol. The Hall–Kier alpha value is -1.02. The second-order valence-electron chi connectivity index (χ2n) is 5.31. The molecule has 9 heteroatoms. The smallest absolute Gasteiger partial charge is 0.459 e. The van der Waals surface area contributed by atoms with Crippen molar-refractivity contribution in [2.75, 3.05) is 6.61 Å². The highest BCUT2D eigenvalue weighted by Crippen LogP contribution is 2.46. The van der Waals surface area contributed by atoms with Gasteiger partial charge in [0.2, 0.25) is 0 Å². The first-order valence-corrected chi connectivity index (χ1v) is 7.43. The van der Waals surface area contributed by atoms with Crippen LogP contribution in [0, 0.1) is 0 Å². The van der Waals surface area contributed by atoms with Gasteiger partial charge in [0.25, 0.3) is 0 Å². The summed E-state index contributed by atoms with van der Waals surface area (Å²) < 4.78 is 90.3. The van der Waals surface area contributed by atoms with Crippen molar-refractivity contribution in [3.8, 4) is 0 Å². The number of esters is 1. The molecule has 0 radical (unpaired) electrons. The molecule has 0 aliphatic heterocycles. The minimum absolute atomic E-state index is 0.290. The fraction of sp³-hybridized carbons (Fsp3) is 0.929. The Morgan fingerprint density at radius 2 is 1.30 bits per heavy atom. The van der Waals surface area contributed by atoms with Crippen molar-refractivity contribution in [1.29, 1.82) is 0 Å². The summed E-state index contributed by atoms with van der Waals surface area (Å²) in [4.78, 5) is 11.1. The fourth-order valence-corrected chi connectivity index (χ4v) is 1.77. The SMILES string of the molecule is CCCCCCCCCC(=O)OCC(F)(F)C(F)(F)C(F)(F)F. The summed E-state index contributed by atoms with van der Waals surface area (Å²) in [6, 6.07) is 0. The molecule has 0 aliphatic carbocycles. The Bertz CT molecular complexity index is 354. The minimum Gasteiger partial charge on any atom is -0.459 e. The molecular weight excluding hydrogens is 333 g/mol. The molecule has 2 nitrogen and oxygen atoms in total. The molecular formula is C14H21F7O2. The largest absolute Gasteiger partial charge is 0.460 e. The molecule has 0 rings (SSSR count). The van der Waals surface area contributed by atoms with E-state index < -0.39 is 30.6 Å². The van der Waals surface area contributed by atoms with E-state index in [0.717, 1.165) is 32.1 Å². The highest BCUT2D eigenvalue weighted by molar-refractivity contribution is 5.69. The van der Waals surface area contributed by atoms with Crippen molar-refractivity contribution in [1.82, 2.24) is 0 Å². The van der Waals surface area contributed by atoms with E-state index in [2.05, 4.69) is 4.74 Å². The molecule has 0 saturated heterocycles. The Morgan fingerprint density at radius 3 is 1.78 bits per heavy atom. The van der Waals surface area contributed by atoms with Crippen LogP contribution in [0.5, 0.6) is 0 Å². The van der Waals surface area contributed by atoms with E-state index in [0.29, 0.717) is 12.8 Å². The van der Waals surface area contributed by atoms with Gasteiger partial charge in [0.1, 0.15) is 0 Å². The topological polar surface area (TPSA) is 26.3 Å². The van der Waals surface area contributed by atoms with Gasteiger partial charge in [-0.2, -0.15) is 30.7 Å². The van der Waals surface area contributed by atoms with Gasteiger partial charge in [-0.15, -0.1) is 0 Å². The van der Waals surface area contributed by atoms with Crippen LogP contribution in [-0.2, 0) is 9.53 Å². The average Bonchev–Trinajstić information content (AvgIpc) is 2.43. The zero-order chi connectivity index (χ0) is 18.1. The second kappa shape index (κ2) is 9.32. The van der Waals surface area contributed by atoms with Crippen LogP contribution in [-0.4, -0.2) is 30.6 Å². The van der Waals surface area contributed by atoms with Crippen LogP contribution >= 0.6 is 0 Å². The molecule has 23 heavy (non-hydrogen) atoms. The van der Waals surface area contributed by atoms with Gasteiger partial charge >= 0.3 is 24.0 Å². The van der Waals surface area contributed by atoms with E-state index >= 15 is 0 Å². The molecule has 0 saturated carbocycles. The van der Waals surface area contributed by atoms with Gasteiger partial charge in [-0.05, 0) is 6.42 Å². The summed E-state index contributed by atoms with van der Waals surface area (Å²) in [5.41, 5.74) is 0. The molecule has 0 N–H and O–H groups in total. The van der Waals surface area contributed by atoms with E-state index in [4.69, 9.17) is 0 Å². The molecule has 0 aromatic rings. The first-order valence-electron chi connectivity index (χ1n) is 7.43. The summed E-state index contributed by atoms with van der Waals surface area (Å²) >= 11 is 0. The van der Waals surface area contributed by atoms with Crippen LogP contribution in [0.3, 0.4) is 0 Å². The highest BCUT2D eigenvalue weighted by atomic mass is 19.4. The number of alkyl halides is 7. The average molecular weight is 354 g/mol. The number of carbonyl (C=O) groups is 1. The lowest BCUT2D eigenvalue weighted by molar-refractivity contribution is -0.359. The van der Waals surface area contributed by atoms with Gasteiger partial charge in [-0.25, -0.2) is 0 Å². The van der Waals surface area contributed by atoms with Crippen LogP contribution in [0.4, 0.5) is 30.7 Å². The van der Waals surface area contributed by atoms with Crippen molar-refractivity contribution < 1.29 is 40.3 Å². The number of hydrogen-bond acceptors (Lipinski definition) is 2. The van der Waals surface area contributed by atoms with Crippen LogP contribution in [0.25, 0.3) is 0 Å². The first-order chi connectivity index (χ1) is 10.5. The number of carbonyl (C=O) groups excluding carboxylic acids is 1. The predicted octanol–water partition coefficient (Wildman–Crippen LogP) is 5.50. The van der Waals surface area contributed by atoms with Crippen molar-refractivity contribution in [2.24, 2.45) is 0 Å². The van der Waals surface area contributed by atoms with Crippen LogP contribution in [0.15, 0.2) is 0 Å². The lowest BCUT2D eigenvalue weighted by Crippen LogP contribution is -2.54. The highest BCUT2D eigenvalue weighted by Gasteiger charge is 2.73. The van der Waals surface area contributed by atoms with Gasteiger partial charge < -0.3 is 4.74 Å². The number of unbranched alkanes of at least 4 members (excludes halogenated alkanes) is 6. The zero-order valence-corrected chi connectivity index (χ0v) is 12.8. The molecule has 0 spiro atoms. The molecule has 0 bridgehead atoms. The second-order valence-corrected chi connectivity index (χ2v) is 5.31. The summed E-state index contributed by atoms with van der Waals surface area (Å²) in [6.07, 6.45) is -0.773. The van der Waals surface area contributed by atoms with E-state index in [1.54, 1.807) is 0 Å². The van der Waals surface area contributed by atoms with E-state index in [9.17, 15) is 35.5 Å². The van der Waals surface area contributed by atoms with Gasteiger partial charge in [0.15, 0.2) is 6.61 Å². The summed E-state index contributed by atoms with van der Waals surface area (Å²) in [6.45, 7) is -0.247. The van der Waals surface area contributed by atoms with Crippen molar-refractivity contribution >= 4 is 5.97 Å². The van der Waals surface area contributed by atoms with E-state index in [1.807, 2.05) is 6.92 Å². The van der Waals surface area contributed by atoms with Gasteiger partial charge in [0, 0.05) is 6.42 Å². The fourth-order valence-electron chi connectivity index (χ4n) is 1.77. The maximum atomic E-state index is 12.9. The molecule has 138 valence electrons. The van der Waals surface area contributed by atoms with Crippen molar-refractivity contribution in [3.05, 3.63) is 0 Å². The Balaban J connectivity index is 4.05. The Kier molecular flexibility index (Phi) is 8.90. The van der Waals surface area contributed by atoms with Gasteiger partial charge in [-0.3, -0.25) is 4.79 Å². The third-order valence-electron chi connectivity index (χ3n) is 3.21. The third kappa shape index (κ3) is 7.39. The molecule has 0 aliphatic rings. The third-order valence-corrected chi connectivity index (χ3v) is 3.21. The summed E-state index contributed by atoms with van der Waals surface area (Å²) in [5, 5.41) is 0.